The first kappa shape index (κ1) is 109. The zero-order valence-electron chi connectivity index (χ0n) is 83.3. The molecule has 6 aliphatic rings. The van der Waals surface area contributed by atoms with Gasteiger partial charge in [-0.3, -0.25) is 0 Å². The molecule has 12 aromatic rings. The van der Waals surface area contributed by atoms with Crippen LogP contribution in [0.4, 0.5) is 0 Å². The fourth-order valence-corrected chi connectivity index (χ4v) is 15.9. The Morgan fingerprint density at radius 1 is 0.117 bits per heavy atom. The first-order valence-corrected chi connectivity index (χ1v) is 47.4. The van der Waals surface area contributed by atoms with Crippen molar-refractivity contribution < 1.29 is 0 Å². The van der Waals surface area contributed by atoms with Crippen LogP contribution in [0, 0.1) is 83.1 Å². The summed E-state index contributed by atoms with van der Waals surface area (Å²) < 4.78 is 0. The first-order chi connectivity index (χ1) is 58.4. The molecule has 0 N–H and O–H groups in total. The number of rotatable bonds is 0. The lowest BCUT2D eigenvalue weighted by atomic mass is 9.82. The third-order valence-corrected chi connectivity index (χ3v) is 21.4. The number of fused-ring (bicyclic) bond motifs is 12. The van der Waals surface area contributed by atoms with Crippen LogP contribution in [0.2, 0.25) is 0 Å². The molecule has 0 fully saturated rings. The second kappa shape index (κ2) is 60.2. The van der Waals surface area contributed by atoms with Crippen LogP contribution in [-0.4, -0.2) is 0 Å². The van der Waals surface area contributed by atoms with Gasteiger partial charge in [0.1, 0.15) is 0 Å². The lowest BCUT2D eigenvalue weighted by Gasteiger charge is -2.22. The van der Waals surface area contributed by atoms with Crippen molar-refractivity contribution in [1.29, 1.82) is 0 Å². The van der Waals surface area contributed by atoms with E-state index in [4.69, 9.17) is 0 Å². The lowest BCUT2D eigenvalue weighted by molar-refractivity contribution is 0.973. The average Bonchev–Trinajstić information content (AvgIpc) is 0.800. The van der Waals surface area contributed by atoms with Gasteiger partial charge in [0.25, 0.3) is 0 Å². The fraction of sp³-hybridized carbons (Fsp3) is 0.400. The Bertz CT molecular complexity index is 4540. The molecule has 0 heteroatoms. The number of aryl methyl sites for hydroxylation is 12. The van der Waals surface area contributed by atoms with Gasteiger partial charge in [0.05, 0.1) is 0 Å². The van der Waals surface area contributed by atoms with Gasteiger partial charge in [-0.1, -0.05) is 429 Å². The summed E-state index contributed by atoms with van der Waals surface area (Å²) in [6, 6.07) is 81.4. The molecule has 0 heterocycles. The maximum Gasteiger partial charge on any atom is -0.00148 e. The molecule has 0 unspecified atom stereocenters. The highest BCUT2D eigenvalue weighted by atomic mass is 14.3. The highest BCUT2D eigenvalue weighted by Gasteiger charge is 2.22. The summed E-state index contributed by atoms with van der Waals surface area (Å²) in [5.41, 5.74) is 53.0. The fourth-order valence-electron chi connectivity index (χ4n) is 15.9. The van der Waals surface area contributed by atoms with Crippen LogP contribution < -0.4 is 0 Å². The van der Waals surface area contributed by atoms with Gasteiger partial charge in [-0.25, -0.2) is 0 Å². The molecule has 0 nitrogen and oxygen atoms in total. The zero-order chi connectivity index (χ0) is 90.7. The largest absolute Gasteiger partial charge is 0.0683 e. The van der Waals surface area contributed by atoms with Crippen LogP contribution in [0.25, 0.3) is 0 Å². The quantitative estimate of drug-likeness (QED) is 0.142. The Balaban J connectivity index is 0.000000684. The third-order valence-electron chi connectivity index (χ3n) is 21.4. The van der Waals surface area contributed by atoms with Crippen molar-refractivity contribution in [2.75, 3.05) is 0 Å². The summed E-state index contributed by atoms with van der Waals surface area (Å²) in [5.74, 6) is 0. The molecule has 12 aromatic carbocycles. The standard InChI is InChI=1S/6C16H16.12C2H6/c1-11-3-5-13-10-16-8-12(2)4-6-14(16)9-15(13)7-11;2*1-11-3-5-13-9-14-6-4-12(2)8-16(14)10-15(13)7-11;1-11-5-3-7-13-9-14-8-4-6-12(2)16(14)10-15(11)13;1-11-6-7-13-10-16-12(2)4-3-5-14(16)9-15(13)8-11;1-11-6-7-13-9-14-5-3-4-12(2)16(14)10-15(13)8-11;12*1-2/h6*3-8H,9-10H2,1-2H3;12*1-2H3. The Labute approximate surface area is 740 Å². The molecule has 0 amide bonds. The molecule has 18 rings (SSSR count). The minimum absolute atomic E-state index is 1.10. The van der Waals surface area contributed by atoms with Gasteiger partial charge in [0.15, 0.2) is 0 Å². The van der Waals surface area contributed by atoms with E-state index in [2.05, 4.69) is 301 Å². The second-order valence-corrected chi connectivity index (χ2v) is 29.1. The monoisotopic (exact) mass is 1610 g/mol. The van der Waals surface area contributed by atoms with Crippen LogP contribution in [0.3, 0.4) is 0 Å². The van der Waals surface area contributed by atoms with Crippen molar-refractivity contribution in [2.24, 2.45) is 0 Å². The highest BCUT2D eigenvalue weighted by molar-refractivity contribution is 5.55. The average molecular weight is 1610 g/mol. The predicted octanol–water partition coefficient (Wildman–Crippen LogP) is 35.1. The molecule has 0 saturated heterocycles. The van der Waals surface area contributed by atoms with E-state index < -0.39 is 0 Å². The normalized spacial score (nSPS) is 11.1. The molecule has 0 radical (unpaired) electrons. The van der Waals surface area contributed by atoms with E-state index in [0.717, 1.165) is 77.0 Å². The van der Waals surface area contributed by atoms with Crippen LogP contribution in [0.15, 0.2) is 218 Å². The minimum Gasteiger partial charge on any atom is -0.0683 e. The summed E-state index contributed by atoms with van der Waals surface area (Å²) in [6.45, 7) is 74.3. The Morgan fingerprint density at radius 2 is 0.242 bits per heavy atom. The number of hydrogen-bond donors (Lipinski definition) is 0. The summed E-state index contributed by atoms with van der Waals surface area (Å²) in [7, 11) is 0. The van der Waals surface area contributed by atoms with Crippen molar-refractivity contribution >= 4 is 0 Å². The summed E-state index contributed by atoms with van der Waals surface area (Å²) >= 11 is 0. The second-order valence-electron chi connectivity index (χ2n) is 29.1. The van der Waals surface area contributed by atoms with Gasteiger partial charge in [0.2, 0.25) is 0 Å². The Morgan fingerprint density at radius 3 is 0.442 bits per heavy atom. The van der Waals surface area contributed by atoms with Crippen molar-refractivity contribution in [3.8, 4) is 0 Å². The molecular formula is C120H168. The smallest absolute Gasteiger partial charge is 0.00148 e. The van der Waals surface area contributed by atoms with E-state index in [9.17, 15) is 0 Å². The van der Waals surface area contributed by atoms with E-state index in [0.29, 0.717) is 0 Å². The van der Waals surface area contributed by atoms with Gasteiger partial charge in [-0.2, -0.15) is 0 Å². The van der Waals surface area contributed by atoms with Crippen LogP contribution in [-0.2, 0) is 77.0 Å². The third kappa shape index (κ3) is 31.9. The number of hydrogen-bond acceptors (Lipinski definition) is 0. The van der Waals surface area contributed by atoms with Gasteiger partial charge >= 0.3 is 0 Å². The maximum absolute atomic E-state index is 2.34. The molecule has 120 heavy (non-hydrogen) atoms. The van der Waals surface area contributed by atoms with Crippen molar-refractivity contribution in [3.05, 3.63) is 419 Å². The van der Waals surface area contributed by atoms with Crippen LogP contribution >= 0.6 is 0 Å². The first-order valence-electron chi connectivity index (χ1n) is 47.4. The maximum atomic E-state index is 2.34. The Hall–Kier alpha value is -9.36. The van der Waals surface area contributed by atoms with Gasteiger partial charge in [-0.05, 0) is 316 Å². The van der Waals surface area contributed by atoms with Crippen LogP contribution in [0.1, 0.15) is 366 Å². The zero-order valence-corrected chi connectivity index (χ0v) is 83.3. The topological polar surface area (TPSA) is 0 Å². The SMILES string of the molecule is CC.CC.CC.CC.CC.CC.CC.CC.CC.CC.CC.CC.Cc1ccc2c(c1)Cc1c(C)cccc1C2.Cc1ccc2c(c1)Cc1cc(C)ccc1C2.Cc1ccc2c(c1)Cc1cc(C)ccc1C2.Cc1ccc2c(c1)Cc1ccc(C)cc1C2.Cc1ccc2c(c1)Cc1cccc(C)c1C2.Cc1cccc2c1Cc1c(C)cccc1C2. The van der Waals surface area contributed by atoms with E-state index in [-0.39, 0.29) is 0 Å². The Kier molecular flexibility index (Phi) is 54.5. The highest BCUT2D eigenvalue weighted by Crippen LogP contribution is 2.36. The molecule has 0 spiro atoms. The van der Waals surface area contributed by atoms with Gasteiger partial charge in [-0.15, -0.1) is 0 Å². The summed E-state index contributed by atoms with van der Waals surface area (Å²) in [4.78, 5) is 0. The predicted molar refractivity (Wildman–Crippen MR) is 544 cm³/mol. The van der Waals surface area contributed by atoms with E-state index in [1.165, 1.54) is 178 Å². The molecule has 0 saturated carbocycles. The number of benzene rings is 12. The summed E-state index contributed by atoms with van der Waals surface area (Å²) in [5, 5.41) is 0. The van der Waals surface area contributed by atoms with Crippen molar-refractivity contribution in [3.63, 3.8) is 0 Å². The van der Waals surface area contributed by atoms with Crippen LogP contribution in [0.5, 0.6) is 0 Å². The van der Waals surface area contributed by atoms with E-state index in [1.807, 2.05) is 166 Å². The minimum atomic E-state index is 1.10. The molecule has 0 aromatic heterocycles. The van der Waals surface area contributed by atoms with E-state index in [1.54, 1.807) is 22.3 Å². The molecule has 0 aliphatic heterocycles. The molecule has 648 valence electrons. The van der Waals surface area contributed by atoms with Gasteiger partial charge in [0, 0.05) is 0 Å². The van der Waals surface area contributed by atoms with E-state index >= 15 is 0 Å². The molecular weight excluding hydrogens is 1440 g/mol. The molecule has 6 aliphatic carbocycles. The molecule has 0 atom stereocenters. The molecule has 0 bridgehead atoms. The lowest BCUT2D eigenvalue weighted by Crippen LogP contribution is -2.10. The van der Waals surface area contributed by atoms with Crippen molar-refractivity contribution in [2.45, 2.75) is 326 Å². The van der Waals surface area contributed by atoms with Gasteiger partial charge < -0.3 is 0 Å². The van der Waals surface area contributed by atoms with Crippen molar-refractivity contribution in [1.82, 2.24) is 0 Å². The summed E-state index contributed by atoms with van der Waals surface area (Å²) in [6.07, 6.45) is 13.3.